The molecule has 1 atom stereocenters. The molecular weight excluding hydrogens is 278 g/mol. The first kappa shape index (κ1) is 15.0. The molecule has 1 fully saturated rings. The van der Waals surface area contributed by atoms with Gasteiger partial charge in [0.1, 0.15) is 0 Å². The van der Waals surface area contributed by atoms with Crippen LogP contribution in [0, 0.1) is 5.92 Å². The molecule has 0 amide bonds. The van der Waals surface area contributed by atoms with E-state index in [0.29, 0.717) is 19.0 Å². The van der Waals surface area contributed by atoms with Crippen LogP contribution < -0.4 is 0 Å². The zero-order valence-corrected chi connectivity index (χ0v) is 12.5. The summed E-state index contributed by atoms with van der Waals surface area (Å²) < 4.78 is 31.3. The number of carbonyl (C=O) groups is 1. The van der Waals surface area contributed by atoms with Crippen LogP contribution in [0.1, 0.15) is 30.1 Å². The Balaban J connectivity index is 2.32. The smallest absolute Gasteiger partial charge is 0.337 e. The number of carbonyl (C=O) groups excluding carboxylic acids is 1. The SMILES string of the molecule is COC(=O)c1cccc(S(=O)(=O)N2CCC[C@@H](C)C2)c1. The van der Waals surface area contributed by atoms with Crippen molar-refractivity contribution < 1.29 is 17.9 Å². The molecule has 0 unspecified atom stereocenters. The Labute approximate surface area is 119 Å². The zero-order chi connectivity index (χ0) is 14.8. The summed E-state index contributed by atoms with van der Waals surface area (Å²) in [5.41, 5.74) is 0.249. The molecule has 0 bridgehead atoms. The van der Waals surface area contributed by atoms with Gasteiger partial charge >= 0.3 is 5.97 Å². The lowest BCUT2D eigenvalue weighted by Crippen LogP contribution is -2.39. The Hall–Kier alpha value is -1.40. The Kier molecular flexibility index (Phi) is 4.45. The van der Waals surface area contributed by atoms with Gasteiger partial charge in [0.05, 0.1) is 17.6 Å². The van der Waals surface area contributed by atoms with Gasteiger partial charge in [-0.05, 0) is 37.0 Å². The molecule has 1 aromatic carbocycles. The number of esters is 1. The Morgan fingerprint density at radius 2 is 2.15 bits per heavy atom. The van der Waals surface area contributed by atoms with E-state index in [1.54, 1.807) is 12.1 Å². The van der Waals surface area contributed by atoms with Crippen molar-refractivity contribution in [3.05, 3.63) is 29.8 Å². The normalized spacial score (nSPS) is 20.6. The summed E-state index contributed by atoms with van der Waals surface area (Å²) >= 11 is 0. The van der Waals surface area contributed by atoms with E-state index in [-0.39, 0.29) is 10.5 Å². The fourth-order valence-electron chi connectivity index (χ4n) is 2.42. The van der Waals surface area contributed by atoms with Gasteiger partial charge < -0.3 is 4.74 Å². The van der Waals surface area contributed by atoms with Gasteiger partial charge in [0.25, 0.3) is 0 Å². The van der Waals surface area contributed by atoms with Crippen LogP contribution in [0.15, 0.2) is 29.2 Å². The second kappa shape index (κ2) is 5.93. The first-order valence-electron chi connectivity index (χ1n) is 6.63. The van der Waals surface area contributed by atoms with Gasteiger partial charge in [-0.25, -0.2) is 13.2 Å². The lowest BCUT2D eigenvalue weighted by molar-refractivity contribution is 0.0600. The van der Waals surface area contributed by atoms with Crippen molar-refractivity contribution in [2.45, 2.75) is 24.7 Å². The van der Waals surface area contributed by atoms with E-state index in [4.69, 9.17) is 0 Å². The molecule has 1 aliphatic heterocycles. The molecule has 1 aliphatic rings. The summed E-state index contributed by atoms with van der Waals surface area (Å²) in [5, 5.41) is 0. The van der Waals surface area contributed by atoms with Crippen LogP contribution in [-0.2, 0) is 14.8 Å². The number of hydrogen-bond acceptors (Lipinski definition) is 4. The molecule has 20 heavy (non-hydrogen) atoms. The van der Waals surface area contributed by atoms with Crippen LogP contribution in [0.2, 0.25) is 0 Å². The van der Waals surface area contributed by atoms with Crippen molar-refractivity contribution in [3.63, 3.8) is 0 Å². The first-order chi connectivity index (χ1) is 9.45. The highest BCUT2D eigenvalue weighted by Gasteiger charge is 2.29. The monoisotopic (exact) mass is 297 g/mol. The van der Waals surface area contributed by atoms with Gasteiger partial charge in [0.15, 0.2) is 0 Å². The maximum Gasteiger partial charge on any atom is 0.337 e. The molecule has 0 aliphatic carbocycles. The van der Waals surface area contributed by atoms with E-state index >= 15 is 0 Å². The average molecular weight is 297 g/mol. The fraction of sp³-hybridized carbons (Fsp3) is 0.500. The third-order valence-electron chi connectivity index (χ3n) is 3.51. The van der Waals surface area contributed by atoms with E-state index in [9.17, 15) is 13.2 Å². The number of piperidine rings is 1. The highest BCUT2D eigenvalue weighted by molar-refractivity contribution is 7.89. The quantitative estimate of drug-likeness (QED) is 0.799. The molecule has 1 saturated heterocycles. The topological polar surface area (TPSA) is 63.7 Å². The van der Waals surface area contributed by atoms with Crippen molar-refractivity contribution in [1.29, 1.82) is 0 Å². The summed E-state index contributed by atoms with van der Waals surface area (Å²) in [4.78, 5) is 11.6. The van der Waals surface area contributed by atoms with Gasteiger partial charge in [0, 0.05) is 13.1 Å². The van der Waals surface area contributed by atoms with Gasteiger partial charge in [0.2, 0.25) is 10.0 Å². The Bertz CT molecular complexity index is 597. The second-order valence-electron chi connectivity index (χ2n) is 5.13. The standard InChI is InChI=1S/C14H19NO4S/c1-11-5-4-8-15(10-11)20(17,18)13-7-3-6-12(9-13)14(16)19-2/h3,6-7,9,11H,4-5,8,10H2,1-2H3/t11-/m1/s1. The number of sulfonamides is 1. The second-order valence-corrected chi connectivity index (χ2v) is 7.07. The maximum absolute atomic E-state index is 12.6. The number of nitrogens with zero attached hydrogens (tertiary/aromatic N) is 1. The van der Waals surface area contributed by atoms with Crippen molar-refractivity contribution >= 4 is 16.0 Å². The molecule has 0 saturated carbocycles. The Morgan fingerprint density at radius 3 is 2.80 bits per heavy atom. The molecule has 110 valence electrons. The van der Waals surface area contributed by atoms with Crippen molar-refractivity contribution in [1.82, 2.24) is 4.31 Å². The van der Waals surface area contributed by atoms with E-state index < -0.39 is 16.0 Å². The maximum atomic E-state index is 12.6. The molecule has 0 spiro atoms. The molecule has 1 aromatic rings. The van der Waals surface area contributed by atoms with Crippen LogP contribution in [0.3, 0.4) is 0 Å². The summed E-state index contributed by atoms with van der Waals surface area (Å²) in [5.74, 6) is -0.170. The van der Waals surface area contributed by atoms with Crippen LogP contribution in [0.25, 0.3) is 0 Å². The zero-order valence-electron chi connectivity index (χ0n) is 11.7. The number of hydrogen-bond donors (Lipinski definition) is 0. The number of benzene rings is 1. The minimum absolute atomic E-state index is 0.148. The van der Waals surface area contributed by atoms with E-state index in [2.05, 4.69) is 4.74 Å². The van der Waals surface area contributed by atoms with Crippen molar-refractivity contribution in [3.8, 4) is 0 Å². The summed E-state index contributed by atoms with van der Waals surface area (Å²) in [6.45, 7) is 3.12. The molecule has 5 nitrogen and oxygen atoms in total. The number of ether oxygens (including phenoxy) is 1. The van der Waals surface area contributed by atoms with Gasteiger partial charge in [-0.3, -0.25) is 0 Å². The van der Waals surface area contributed by atoms with Crippen LogP contribution in [-0.4, -0.2) is 38.9 Å². The molecule has 0 N–H and O–H groups in total. The van der Waals surface area contributed by atoms with Crippen LogP contribution in [0.5, 0.6) is 0 Å². The molecule has 0 aromatic heterocycles. The van der Waals surface area contributed by atoms with Crippen LogP contribution >= 0.6 is 0 Å². The summed E-state index contributed by atoms with van der Waals surface area (Å²) in [6, 6.07) is 6.00. The lowest BCUT2D eigenvalue weighted by atomic mass is 10.0. The minimum Gasteiger partial charge on any atom is -0.465 e. The van der Waals surface area contributed by atoms with Crippen molar-refractivity contribution in [2.75, 3.05) is 20.2 Å². The molecule has 2 rings (SSSR count). The van der Waals surface area contributed by atoms with E-state index in [1.165, 1.54) is 23.5 Å². The van der Waals surface area contributed by atoms with Crippen LogP contribution in [0.4, 0.5) is 0 Å². The van der Waals surface area contributed by atoms with E-state index in [0.717, 1.165) is 12.8 Å². The summed E-state index contributed by atoms with van der Waals surface area (Å²) in [6.07, 6.45) is 1.92. The number of methoxy groups -OCH3 is 1. The largest absolute Gasteiger partial charge is 0.465 e. The molecule has 0 radical (unpaired) electrons. The lowest BCUT2D eigenvalue weighted by Gasteiger charge is -2.30. The highest BCUT2D eigenvalue weighted by atomic mass is 32.2. The predicted molar refractivity (Wildman–Crippen MR) is 74.9 cm³/mol. The molecule has 1 heterocycles. The average Bonchev–Trinajstić information content (AvgIpc) is 2.46. The fourth-order valence-corrected chi connectivity index (χ4v) is 4.06. The highest BCUT2D eigenvalue weighted by Crippen LogP contribution is 2.24. The van der Waals surface area contributed by atoms with Crippen molar-refractivity contribution in [2.24, 2.45) is 5.92 Å². The minimum atomic E-state index is -3.53. The predicted octanol–water partition coefficient (Wildman–Crippen LogP) is 1.89. The third kappa shape index (κ3) is 3.02. The number of rotatable bonds is 3. The Morgan fingerprint density at radius 1 is 1.40 bits per heavy atom. The summed E-state index contributed by atoms with van der Waals surface area (Å²) in [7, 11) is -2.26. The van der Waals surface area contributed by atoms with Gasteiger partial charge in [-0.1, -0.05) is 13.0 Å². The molecule has 6 heteroatoms. The molecular formula is C14H19NO4S. The first-order valence-corrected chi connectivity index (χ1v) is 8.07. The third-order valence-corrected chi connectivity index (χ3v) is 5.37. The van der Waals surface area contributed by atoms with Gasteiger partial charge in [-0.15, -0.1) is 0 Å². The van der Waals surface area contributed by atoms with E-state index in [1.807, 2.05) is 6.92 Å². The van der Waals surface area contributed by atoms with Gasteiger partial charge in [-0.2, -0.15) is 4.31 Å².